The lowest BCUT2D eigenvalue weighted by atomic mass is 10.2. The fourth-order valence-electron chi connectivity index (χ4n) is 3.06. The van der Waals surface area contributed by atoms with Crippen molar-refractivity contribution < 1.29 is 9.32 Å². The van der Waals surface area contributed by atoms with Crippen molar-refractivity contribution in [1.29, 1.82) is 0 Å². The number of nitrogens with one attached hydrogen (secondary N) is 1. The van der Waals surface area contributed by atoms with Crippen LogP contribution >= 0.6 is 23.1 Å². The monoisotopic (exact) mass is 455 g/mol. The predicted octanol–water partition coefficient (Wildman–Crippen LogP) is 3.93. The van der Waals surface area contributed by atoms with Crippen molar-refractivity contribution in [3.05, 3.63) is 62.7 Å². The molecule has 4 heterocycles. The van der Waals surface area contributed by atoms with E-state index in [4.69, 9.17) is 9.51 Å². The lowest BCUT2D eigenvalue weighted by Crippen LogP contribution is -2.27. The van der Waals surface area contributed by atoms with Crippen LogP contribution in [0.1, 0.15) is 28.8 Å². The van der Waals surface area contributed by atoms with Gasteiger partial charge in [0.15, 0.2) is 11.0 Å². The van der Waals surface area contributed by atoms with Gasteiger partial charge in [-0.05, 0) is 45.4 Å². The van der Waals surface area contributed by atoms with Crippen LogP contribution < -0.4 is 10.9 Å². The van der Waals surface area contributed by atoms with E-state index >= 15 is 0 Å². The first-order valence-electron chi connectivity index (χ1n) is 9.64. The normalized spacial score (nSPS) is 12.3. The van der Waals surface area contributed by atoms with Crippen molar-refractivity contribution in [1.82, 2.24) is 19.7 Å². The molecule has 31 heavy (non-hydrogen) atoms. The number of pyridine rings is 1. The molecule has 4 aromatic heterocycles. The van der Waals surface area contributed by atoms with Gasteiger partial charge in [-0.3, -0.25) is 19.1 Å². The number of fused-ring (bicyclic) bond motifs is 1. The topological polar surface area (TPSA) is 103 Å². The number of aryl methyl sites for hydroxylation is 3. The second-order valence-electron chi connectivity index (χ2n) is 7.14. The summed E-state index contributed by atoms with van der Waals surface area (Å²) < 4.78 is 6.59. The Bertz CT molecular complexity index is 1310. The third-order valence-electron chi connectivity index (χ3n) is 4.83. The SMILES string of the molecule is Cc1cc(NC(=O)C(C)Sc2nc3sc(C)c(C)c3c(=O)n2Cc2ccccn2)no1. The number of carbonyl (C=O) groups excluding carboxylic acids is 1. The second kappa shape index (κ2) is 8.64. The molecule has 0 fully saturated rings. The average molecular weight is 456 g/mol. The zero-order valence-electron chi connectivity index (χ0n) is 17.5. The van der Waals surface area contributed by atoms with Gasteiger partial charge in [0.05, 0.1) is 22.9 Å². The largest absolute Gasteiger partial charge is 0.360 e. The van der Waals surface area contributed by atoms with Crippen LogP contribution in [0.4, 0.5) is 5.82 Å². The van der Waals surface area contributed by atoms with E-state index in [0.717, 1.165) is 16.1 Å². The lowest BCUT2D eigenvalue weighted by Gasteiger charge is -2.15. The van der Waals surface area contributed by atoms with E-state index in [1.54, 1.807) is 30.7 Å². The van der Waals surface area contributed by atoms with Crippen molar-refractivity contribution in [2.45, 2.75) is 44.6 Å². The maximum Gasteiger partial charge on any atom is 0.263 e. The smallest absolute Gasteiger partial charge is 0.263 e. The minimum absolute atomic E-state index is 0.125. The summed E-state index contributed by atoms with van der Waals surface area (Å²) >= 11 is 2.71. The number of anilines is 1. The van der Waals surface area contributed by atoms with Gasteiger partial charge in [-0.2, -0.15) is 0 Å². The van der Waals surface area contributed by atoms with Crippen LogP contribution in [0.5, 0.6) is 0 Å². The molecule has 0 aliphatic rings. The summed E-state index contributed by atoms with van der Waals surface area (Å²) in [7, 11) is 0. The Morgan fingerprint density at radius 3 is 2.81 bits per heavy atom. The number of rotatable bonds is 6. The van der Waals surface area contributed by atoms with Gasteiger partial charge in [0, 0.05) is 17.1 Å². The number of aromatic nitrogens is 4. The molecule has 10 heteroatoms. The number of thioether (sulfide) groups is 1. The van der Waals surface area contributed by atoms with Gasteiger partial charge in [-0.25, -0.2) is 4.98 Å². The Morgan fingerprint density at radius 1 is 1.32 bits per heavy atom. The summed E-state index contributed by atoms with van der Waals surface area (Å²) in [5, 5.41) is 7.10. The molecule has 1 atom stereocenters. The van der Waals surface area contributed by atoms with E-state index in [1.165, 1.54) is 23.1 Å². The molecule has 1 unspecified atom stereocenters. The Labute approximate surface area is 186 Å². The van der Waals surface area contributed by atoms with Crippen LogP contribution in [0.15, 0.2) is 44.9 Å². The van der Waals surface area contributed by atoms with Crippen LogP contribution in [0, 0.1) is 20.8 Å². The van der Waals surface area contributed by atoms with Crippen LogP contribution in [0.3, 0.4) is 0 Å². The number of nitrogens with zero attached hydrogens (tertiary/aromatic N) is 4. The molecule has 0 bridgehead atoms. The molecule has 8 nitrogen and oxygen atoms in total. The molecule has 4 aromatic rings. The average Bonchev–Trinajstić information content (AvgIpc) is 3.27. The zero-order chi connectivity index (χ0) is 22.1. The van der Waals surface area contributed by atoms with Crippen molar-refractivity contribution in [3.63, 3.8) is 0 Å². The van der Waals surface area contributed by atoms with E-state index < -0.39 is 5.25 Å². The Kier molecular flexibility index (Phi) is 5.92. The first-order chi connectivity index (χ1) is 14.8. The lowest BCUT2D eigenvalue weighted by molar-refractivity contribution is -0.115. The molecule has 0 aromatic carbocycles. The van der Waals surface area contributed by atoms with Crippen LogP contribution in [-0.2, 0) is 11.3 Å². The summed E-state index contributed by atoms with van der Waals surface area (Å²) in [6.45, 7) is 7.70. The van der Waals surface area contributed by atoms with Crippen LogP contribution in [0.2, 0.25) is 0 Å². The second-order valence-corrected chi connectivity index (χ2v) is 9.65. The van der Waals surface area contributed by atoms with Gasteiger partial charge in [-0.1, -0.05) is 23.0 Å². The van der Waals surface area contributed by atoms with Crippen LogP contribution in [0.25, 0.3) is 10.2 Å². The van der Waals surface area contributed by atoms with Crippen molar-refractivity contribution in [3.8, 4) is 0 Å². The maximum atomic E-state index is 13.4. The van der Waals surface area contributed by atoms with E-state index in [0.29, 0.717) is 27.0 Å². The summed E-state index contributed by atoms with van der Waals surface area (Å²) in [6.07, 6.45) is 1.69. The number of thiophene rings is 1. The minimum Gasteiger partial charge on any atom is -0.360 e. The van der Waals surface area contributed by atoms with Gasteiger partial charge >= 0.3 is 0 Å². The predicted molar refractivity (Wildman–Crippen MR) is 122 cm³/mol. The highest BCUT2D eigenvalue weighted by molar-refractivity contribution is 8.00. The molecule has 0 saturated heterocycles. The molecule has 4 rings (SSSR count). The Morgan fingerprint density at radius 2 is 2.13 bits per heavy atom. The number of amides is 1. The highest BCUT2D eigenvalue weighted by atomic mass is 32.2. The van der Waals surface area contributed by atoms with E-state index in [9.17, 15) is 9.59 Å². The molecular weight excluding hydrogens is 434 g/mol. The number of hydrogen-bond acceptors (Lipinski definition) is 8. The van der Waals surface area contributed by atoms with Crippen molar-refractivity contribution in [2.75, 3.05) is 5.32 Å². The van der Waals surface area contributed by atoms with Gasteiger partial charge < -0.3 is 9.84 Å². The Hall–Kier alpha value is -2.98. The fraction of sp³-hybridized carbons (Fsp3) is 0.286. The summed E-state index contributed by atoms with van der Waals surface area (Å²) in [4.78, 5) is 36.9. The number of hydrogen-bond donors (Lipinski definition) is 1. The van der Waals surface area contributed by atoms with E-state index in [2.05, 4.69) is 15.5 Å². The third kappa shape index (κ3) is 4.40. The maximum absolute atomic E-state index is 13.4. The molecule has 0 aliphatic heterocycles. The van der Waals surface area contributed by atoms with Gasteiger partial charge in [0.2, 0.25) is 5.91 Å². The van der Waals surface area contributed by atoms with Crippen LogP contribution in [-0.4, -0.2) is 30.8 Å². The molecule has 160 valence electrons. The minimum atomic E-state index is -0.515. The van der Waals surface area contributed by atoms with Gasteiger partial charge in [0.25, 0.3) is 5.56 Å². The first-order valence-corrected chi connectivity index (χ1v) is 11.3. The summed E-state index contributed by atoms with van der Waals surface area (Å²) in [5.74, 6) is 0.708. The number of carbonyl (C=O) groups is 1. The zero-order valence-corrected chi connectivity index (χ0v) is 19.1. The summed E-state index contributed by atoms with van der Waals surface area (Å²) in [5.41, 5.74) is 1.56. The van der Waals surface area contributed by atoms with Gasteiger partial charge in [0.1, 0.15) is 10.6 Å². The van der Waals surface area contributed by atoms with E-state index in [-0.39, 0.29) is 18.0 Å². The molecule has 1 amide bonds. The quantitative estimate of drug-likeness (QED) is 0.347. The molecule has 0 radical (unpaired) electrons. The molecule has 0 aliphatic carbocycles. The fourth-order valence-corrected chi connectivity index (χ4v) is 5.03. The first kappa shape index (κ1) is 21.3. The highest BCUT2D eigenvalue weighted by Gasteiger charge is 2.22. The highest BCUT2D eigenvalue weighted by Crippen LogP contribution is 2.30. The van der Waals surface area contributed by atoms with Crippen molar-refractivity contribution >= 4 is 45.0 Å². The standard InChI is InChI=1S/C21H21N5O3S2/c1-11-9-16(25-29-11)23-18(27)14(4)31-21-24-19-17(12(2)13(3)30-19)20(28)26(21)10-15-7-5-6-8-22-15/h5-9,14H,10H2,1-4H3,(H,23,25,27). The molecule has 1 N–H and O–H groups in total. The molecule has 0 spiro atoms. The van der Waals surface area contributed by atoms with Gasteiger partial charge in [-0.15, -0.1) is 11.3 Å². The summed E-state index contributed by atoms with van der Waals surface area (Å²) in [6, 6.07) is 7.21. The molecule has 0 saturated carbocycles. The van der Waals surface area contributed by atoms with E-state index in [1.807, 2.05) is 32.0 Å². The Balaban J connectivity index is 1.70. The third-order valence-corrected chi connectivity index (χ3v) is 7.02. The molecular formula is C21H21N5O3S2. The van der Waals surface area contributed by atoms with Crippen molar-refractivity contribution in [2.24, 2.45) is 0 Å².